The lowest BCUT2D eigenvalue weighted by atomic mass is 10.0. The number of aromatic amines is 1. The molecule has 2 aromatic rings. The number of halogens is 1. The molecule has 2 heterocycles. The number of fused-ring (bicyclic) bond motifs is 1. The third-order valence-corrected chi connectivity index (χ3v) is 3.21. The number of rotatable bonds is 2. The van der Waals surface area contributed by atoms with Crippen molar-refractivity contribution in [3.8, 4) is 22.8 Å². The van der Waals surface area contributed by atoms with Crippen molar-refractivity contribution in [2.24, 2.45) is 0 Å². The van der Waals surface area contributed by atoms with E-state index >= 15 is 0 Å². The first-order valence-electron chi connectivity index (χ1n) is 5.45. The Bertz CT molecular complexity index is 681. The third-order valence-electron chi connectivity index (χ3n) is 2.93. The van der Waals surface area contributed by atoms with Crippen LogP contribution in [0.15, 0.2) is 12.1 Å². The second kappa shape index (κ2) is 4.17. The molecule has 3 rings (SSSR count). The van der Waals surface area contributed by atoms with E-state index in [0.29, 0.717) is 27.8 Å². The molecule has 0 amide bonds. The Morgan fingerprint density at radius 3 is 2.84 bits per heavy atom. The molecule has 0 bridgehead atoms. The molecule has 0 unspecified atom stereocenters. The molecule has 98 valence electrons. The first-order chi connectivity index (χ1) is 9.08. The van der Waals surface area contributed by atoms with Crippen LogP contribution in [-0.2, 0) is 0 Å². The van der Waals surface area contributed by atoms with Crippen molar-refractivity contribution in [1.29, 1.82) is 0 Å². The fourth-order valence-electron chi connectivity index (χ4n) is 1.99. The quantitative estimate of drug-likeness (QED) is 0.883. The molecule has 7 heteroatoms. The minimum Gasteiger partial charge on any atom is -0.477 e. The van der Waals surface area contributed by atoms with E-state index in [2.05, 4.69) is 10.2 Å². The van der Waals surface area contributed by atoms with Gasteiger partial charge in [-0.3, -0.25) is 5.10 Å². The molecule has 0 radical (unpaired) electrons. The van der Waals surface area contributed by atoms with Crippen molar-refractivity contribution in [2.75, 3.05) is 6.79 Å². The molecule has 1 aromatic heterocycles. The highest BCUT2D eigenvalue weighted by atomic mass is 35.5. The van der Waals surface area contributed by atoms with Gasteiger partial charge in [0.1, 0.15) is 5.69 Å². The molecule has 2 N–H and O–H groups in total. The fraction of sp³-hybridized carbons (Fsp3) is 0.167. The van der Waals surface area contributed by atoms with E-state index in [1.165, 1.54) is 6.07 Å². The Hall–Kier alpha value is -2.21. The summed E-state index contributed by atoms with van der Waals surface area (Å²) in [4.78, 5) is 10.8. The SMILES string of the molecule is Cc1c(-c2cc(C(=O)O)[nH]n2)cc(Cl)c2c1OCO2. The second-order valence-corrected chi connectivity index (χ2v) is 4.47. The summed E-state index contributed by atoms with van der Waals surface area (Å²) in [6.07, 6.45) is 0. The number of nitrogens with zero attached hydrogens (tertiary/aromatic N) is 1. The smallest absolute Gasteiger partial charge is 0.353 e. The second-order valence-electron chi connectivity index (χ2n) is 4.07. The standard InChI is InChI=1S/C12H9ClN2O4/c1-5-6(8-3-9(12(16)17)15-14-8)2-7(13)11-10(5)18-4-19-11/h2-3H,4H2,1H3,(H,14,15)(H,16,17). The van der Waals surface area contributed by atoms with Gasteiger partial charge in [0.05, 0.1) is 10.7 Å². The molecule has 1 aliphatic rings. The topological polar surface area (TPSA) is 84.4 Å². The van der Waals surface area contributed by atoms with Crippen molar-refractivity contribution < 1.29 is 19.4 Å². The van der Waals surface area contributed by atoms with Crippen LogP contribution in [0.5, 0.6) is 11.5 Å². The number of carbonyl (C=O) groups is 1. The van der Waals surface area contributed by atoms with Gasteiger partial charge in [-0.1, -0.05) is 11.6 Å². The maximum absolute atomic E-state index is 10.8. The molecule has 1 aromatic carbocycles. The molecule has 0 saturated carbocycles. The van der Waals surface area contributed by atoms with Crippen LogP contribution in [0.3, 0.4) is 0 Å². The number of nitrogens with one attached hydrogen (secondary N) is 1. The molecule has 6 nitrogen and oxygen atoms in total. The summed E-state index contributed by atoms with van der Waals surface area (Å²) in [6, 6.07) is 3.13. The van der Waals surface area contributed by atoms with E-state index in [9.17, 15) is 4.79 Å². The number of carboxylic acid groups (broad SMARTS) is 1. The van der Waals surface area contributed by atoms with Crippen molar-refractivity contribution in [1.82, 2.24) is 10.2 Å². The largest absolute Gasteiger partial charge is 0.477 e. The van der Waals surface area contributed by atoms with E-state index in [4.69, 9.17) is 26.2 Å². The van der Waals surface area contributed by atoms with E-state index in [0.717, 1.165) is 5.56 Å². The number of ether oxygens (including phenoxy) is 2. The number of aromatic carboxylic acids is 1. The average Bonchev–Trinajstić information content (AvgIpc) is 3.01. The van der Waals surface area contributed by atoms with Crippen LogP contribution in [0.1, 0.15) is 16.1 Å². The molecular weight excluding hydrogens is 272 g/mol. The lowest BCUT2D eigenvalue weighted by Crippen LogP contribution is -1.95. The number of aromatic nitrogens is 2. The third kappa shape index (κ3) is 1.80. The highest BCUT2D eigenvalue weighted by Gasteiger charge is 2.24. The van der Waals surface area contributed by atoms with Crippen molar-refractivity contribution in [3.05, 3.63) is 28.4 Å². The van der Waals surface area contributed by atoms with Crippen LogP contribution in [0.4, 0.5) is 0 Å². The van der Waals surface area contributed by atoms with Gasteiger partial charge in [0.2, 0.25) is 6.79 Å². The van der Waals surface area contributed by atoms with Gasteiger partial charge in [0.25, 0.3) is 0 Å². The zero-order valence-electron chi connectivity index (χ0n) is 9.86. The Kier molecular flexibility index (Phi) is 2.60. The summed E-state index contributed by atoms with van der Waals surface area (Å²) >= 11 is 6.11. The fourth-order valence-corrected chi connectivity index (χ4v) is 2.24. The van der Waals surface area contributed by atoms with Gasteiger partial charge in [0.15, 0.2) is 11.5 Å². The van der Waals surface area contributed by atoms with Crippen LogP contribution in [-0.4, -0.2) is 28.1 Å². The maximum Gasteiger partial charge on any atom is 0.353 e. The first-order valence-corrected chi connectivity index (χ1v) is 5.83. The summed E-state index contributed by atoms with van der Waals surface area (Å²) in [7, 11) is 0. The summed E-state index contributed by atoms with van der Waals surface area (Å²) in [5, 5.41) is 15.7. The van der Waals surface area contributed by atoms with Gasteiger partial charge in [-0.05, 0) is 19.1 Å². The molecule has 0 fully saturated rings. The van der Waals surface area contributed by atoms with Gasteiger partial charge >= 0.3 is 5.97 Å². The summed E-state index contributed by atoms with van der Waals surface area (Å²) in [5.74, 6) is 0.0162. The number of hydrogen-bond acceptors (Lipinski definition) is 4. The zero-order valence-corrected chi connectivity index (χ0v) is 10.6. The van der Waals surface area contributed by atoms with E-state index < -0.39 is 5.97 Å². The monoisotopic (exact) mass is 280 g/mol. The van der Waals surface area contributed by atoms with Gasteiger partial charge in [-0.2, -0.15) is 5.10 Å². The highest BCUT2D eigenvalue weighted by Crippen LogP contribution is 2.45. The number of hydrogen-bond donors (Lipinski definition) is 2. The van der Waals surface area contributed by atoms with Crippen molar-refractivity contribution >= 4 is 17.6 Å². The van der Waals surface area contributed by atoms with Crippen LogP contribution in [0, 0.1) is 6.92 Å². The molecule has 0 spiro atoms. The van der Waals surface area contributed by atoms with Crippen LogP contribution in [0.25, 0.3) is 11.3 Å². The minimum atomic E-state index is -1.07. The number of benzene rings is 1. The molecule has 1 aliphatic heterocycles. The molecule has 0 atom stereocenters. The predicted molar refractivity (Wildman–Crippen MR) is 66.9 cm³/mol. The lowest BCUT2D eigenvalue weighted by Gasteiger charge is -2.07. The number of carboxylic acids is 1. The molecular formula is C12H9ClN2O4. The minimum absolute atomic E-state index is 0.0168. The van der Waals surface area contributed by atoms with Gasteiger partial charge in [-0.25, -0.2) is 4.79 Å². The van der Waals surface area contributed by atoms with Gasteiger partial charge in [0, 0.05) is 11.1 Å². The normalized spacial score (nSPS) is 12.7. The Morgan fingerprint density at radius 1 is 1.42 bits per heavy atom. The summed E-state index contributed by atoms with van der Waals surface area (Å²) < 4.78 is 10.6. The zero-order chi connectivity index (χ0) is 13.6. The average molecular weight is 281 g/mol. The first kappa shape index (κ1) is 11.9. The summed E-state index contributed by atoms with van der Waals surface area (Å²) in [6.45, 7) is 1.97. The summed E-state index contributed by atoms with van der Waals surface area (Å²) in [5.41, 5.74) is 2.02. The van der Waals surface area contributed by atoms with Crippen molar-refractivity contribution in [2.45, 2.75) is 6.92 Å². The van der Waals surface area contributed by atoms with Gasteiger partial charge in [-0.15, -0.1) is 0 Å². The van der Waals surface area contributed by atoms with E-state index in [1.807, 2.05) is 6.92 Å². The van der Waals surface area contributed by atoms with Crippen LogP contribution < -0.4 is 9.47 Å². The Morgan fingerprint density at radius 2 is 2.16 bits per heavy atom. The van der Waals surface area contributed by atoms with Gasteiger partial charge < -0.3 is 14.6 Å². The lowest BCUT2D eigenvalue weighted by molar-refractivity contribution is 0.0690. The molecule has 0 saturated heterocycles. The van der Waals surface area contributed by atoms with Crippen LogP contribution in [0.2, 0.25) is 5.02 Å². The Labute approximate surface area is 112 Å². The van der Waals surface area contributed by atoms with Crippen LogP contribution >= 0.6 is 11.6 Å². The Balaban J connectivity index is 2.15. The molecule has 19 heavy (non-hydrogen) atoms. The maximum atomic E-state index is 10.8. The predicted octanol–water partition coefficient (Wildman–Crippen LogP) is 2.47. The van der Waals surface area contributed by atoms with E-state index in [1.54, 1.807) is 6.07 Å². The number of H-pyrrole nitrogens is 1. The van der Waals surface area contributed by atoms with E-state index in [-0.39, 0.29) is 12.5 Å². The molecule has 0 aliphatic carbocycles. The highest BCUT2D eigenvalue weighted by molar-refractivity contribution is 6.32. The van der Waals surface area contributed by atoms with Crippen molar-refractivity contribution in [3.63, 3.8) is 0 Å².